The van der Waals surface area contributed by atoms with E-state index in [1.165, 1.54) is 35.0 Å². The minimum absolute atomic E-state index is 0.116. The first-order valence-corrected chi connectivity index (χ1v) is 8.46. The van der Waals surface area contributed by atoms with Crippen molar-refractivity contribution in [2.75, 3.05) is 6.54 Å². The SMILES string of the molecule is CCn1c2c(c3cc(Cl)ccc31)CCCC2(C)CCNC=O. The number of aryl methyl sites for hydroxylation is 2. The molecule has 0 aliphatic heterocycles. The molecule has 1 amide bonds. The van der Waals surface area contributed by atoms with Crippen LogP contribution in [0.1, 0.15) is 44.4 Å². The molecule has 1 aliphatic carbocycles. The van der Waals surface area contributed by atoms with Crippen LogP contribution >= 0.6 is 11.6 Å². The van der Waals surface area contributed by atoms with E-state index >= 15 is 0 Å². The van der Waals surface area contributed by atoms with Crippen LogP contribution in [-0.2, 0) is 23.2 Å². The molecule has 1 atom stereocenters. The number of halogens is 1. The molecule has 22 heavy (non-hydrogen) atoms. The van der Waals surface area contributed by atoms with Crippen molar-refractivity contribution in [1.29, 1.82) is 0 Å². The Morgan fingerprint density at radius 2 is 2.27 bits per heavy atom. The van der Waals surface area contributed by atoms with Gasteiger partial charge in [0.2, 0.25) is 6.41 Å². The molecule has 1 heterocycles. The Labute approximate surface area is 136 Å². The average molecular weight is 319 g/mol. The van der Waals surface area contributed by atoms with Crippen LogP contribution in [-0.4, -0.2) is 17.5 Å². The summed E-state index contributed by atoms with van der Waals surface area (Å²) >= 11 is 6.23. The van der Waals surface area contributed by atoms with E-state index < -0.39 is 0 Å². The Balaban J connectivity index is 2.16. The Kier molecular flexibility index (Phi) is 4.18. The maximum absolute atomic E-state index is 10.6. The molecule has 1 aliphatic rings. The number of rotatable bonds is 5. The van der Waals surface area contributed by atoms with Crippen LogP contribution in [0.2, 0.25) is 5.02 Å². The van der Waals surface area contributed by atoms with Gasteiger partial charge in [-0.2, -0.15) is 0 Å². The molecule has 1 aromatic heterocycles. The summed E-state index contributed by atoms with van der Waals surface area (Å²) in [5.41, 5.74) is 4.31. The highest BCUT2D eigenvalue weighted by Crippen LogP contribution is 2.44. The first kappa shape index (κ1) is 15.4. The van der Waals surface area contributed by atoms with Crippen molar-refractivity contribution in [2.45, 2.75) is 51.5 Å². The minimum Gasteiger partial charge on any atom is -0.359 e. The number of aromatic nitrogens is 1. The highest BCUT2D eigenvalue weighted by molar-refractivity contribution is 6.31. The number of carbonyl (C=O) groups excluding carboxylic acids is 1. The number of hydrogen-bond acceptors (Lipinski definition) is 1. The molecule has 0 saturated carbocycles. The van der Waals surface area contributed by atoms with Crippen molar-refractivity contribution in [1.82, 2.24) is 9.88 Å². The van der Waals surface area contributed by atoms with E-state index in [4.69, 9.17) is 11.6 Å². The maximum Gasteiger partial charge on any atom is 0.207 e. The molecular formula is C18H23ClN2O. The number of nitrogens with zero attached hydrogens (tertiary/aromatic N) is 1. The van der Waals surface area contributed by atoms with Gasteiger partial charge in [0.25, 0.3) is 0 Å². The zero-order valence-corrected chi connectivity index (χ0v) is 14.0. The summed E-state index contributed by atoms with van der Waals surface area (Å²) in [6.07, 6.45) is 5.26. The molecule has 2 aromatic rings. The van der Waals surface area contributed by atoms with E-state index in [-0.39, 0.29) is 5.41 Å². The Morgan fingerprint density at radius 1 is 1.45 bits per heavy atom. The molecular weight excluding hydrogens is 296 g/mol. The fourth-order valence-electron chi connectivity index (χ4n) is 4.09. The molecule has 0 saturated heterocycles. The van der Waals surface area contributed by atoms with E-state index in [1.54, 1.807) is 0 Å². The third kappa shape index (κ3) is 2.41. The lowest BCUT2D eigenvalue weighted by atomic mass is 9.72. The first-order chi connectivity index (χ1) is 10.6. The van der Waals surface area contributed by atoms with Gasteiger partial charge in [-0.1, -0.05) is 18.5 Å². The second kappa shape index (κ2) is 5.96. The van der Waals surface area contributed by atoms with Crippen molar-refractivity contribution in [3.8, 4) is 0 Å². The lowest BCUT2D eigenvalue weighted by molar-refractivity contribution is -0.109. The number of benzene rings is 1. The summed E-state index contributed by atoms with van der Waals surface area (Å²) in [7, 11) is 0. The topological polar surface area (TPSA) is 34.0 Å². The van der Waals surface area contributed by atoms with Gasteiger partial charge in [0.05, 0.1) is 0 Å². The molecule has 0 radical (unpaired) electrons. The third-order valence-electron chi connectivity index (χ3n) is 5.08. The highest BCUT2D eigenvalue weighted by atomic mass is 35.5. The molecule has 1 aromatic carbocycles. The molecule has 1 unspecified atom stereocenters. The van der Waals surface area contributed by atoms with E-state index in [9.17, 15) is 4.79 Å². The van der Waals surface area contributed by atoms with Gasteiger partial charge in [-0.05, 0) is 56.4 Å². The van der Waals surface area contributed by atoms with Crippen LogP contribution in [0.5, 0.6) is 0 Å². The van der Waals surface area contributed by atoms with Gasteiger partial charge in [0, 0.05) is 40.1 Å². The van der Waals surface area contributed by atoms with Gasteiger partial charge in [-0.25, -0.2) is 0 Å². The summed E-state index contributed by atoms with van der Waals surface area (Å²) < 4.78 is 2.45. The van der Waals surface area contributed by atoms with Crippen LogP contribution in [0.25, 0.3) is 10.9 Å². The quantitative estimate of drug-likeness (QED) is 0.655. The van der Waals surface area contributed by atoms with Gasteiger partial charge >= 0.3 is 0 Å². The summed E-state index contributed by atoms with van der Waals surface area (Å²) in [6.45, 7) is 6.23. The standard InChI is InChI=1S/C18H23ClN2O/c1-3-21-16-7-6-13(19)11-15(16)14-5-4-8-18(2,17(14)21)9-10-20-12-22/h6-7,11-12H,3-5,8-10H2,1-2H3,(H,20,22). The Morgan fingerprint density at radius 3 is 3.00 bits per heavy atom. The van der Waals surface area contributed by atoms with Gasteiger partial charge in [-0.3, -0.25) is 4.79 Å². The Bertz CT molecular complexity index is 707. The number of fused-ring (bicyclic) bond motifs is 3. The van der Waals surface area contributed by atoms with E-state index in [2.05, 4.69) is 35.9 Å². The van der Waals surface area contributed by atoms with E-state index in [0.29, 0.717) is 0 Å². The normalized spacial score (nSPS) is 20.9. The number of carbonyl (C=O) groups is 1. The molecule has 0 spiro atoms. The maximum atomic E-state index is 10.6. The highest BCUT2D eigenvalue weighted by Gasteiger charge is 2.36. The van der Waals surface area contributed by atoms with Crippen molar-refractivity contribution in [2.24, 2.45) is 0 Å². The fraction of sp³-hybridized carbons (Fsp3) is 0.500. The number of nitrogens with one attached hydrogen (secondary N) is 1. The van der Waals surface area contributed by atoms with Crippen LogP contribution < -0.4 is 5.32 Å². The fourth-order valence-corrected chi connectivity index (χ4v) is 4.26. The molecule has 0 bridgehead atoms. The molecule has 118 valence electrons. The summed E-state index contributed by atoms with van der Waals surface area (Å²) in [6, 6.07) is 6.23. The Hall–Kier alpha value is -1.48. The minimum atomic E-state index is 0.116. The summed E-state index contributed by atoms with van der Waals surface area (Å²) in [5, 5.41) is 4.93. The van der Waals surface area contributed by atoms with Crippen molar-refractivity contribution < 1.29 is 4.79 Å². The summed E-state index contributed by atoms with van der Waals surface area (Å²) in [4.78, 5) is 10.6. The molecule has 0 fully saturated rings. The number of amides is 1. The first-order valence-electron chi connectivity index (χ1n) is 8.09. The van der Waals surface area contributed by atoms with Crippen LogP contribution in [0.3, 0.4) is 0 Å². The lowest BCUT2D eigenvalue weighted by Gasteiger charge is -2.36. The van der Waals surface area contributed by atoms with E-state index in [0.717, 1.165) is 37.4 Å². The molecule has 3 nitrogen and oxygen atoms in total. The predicted octanol–water partition coefficient (Wildman–Crippen LogP) is 4.04. The molecule has 3 rings (SSSR count). The van der Waals surface area contributed by atoms with E-state index in [1.807, 2.05) is 6.07 Å². The third-order valence-corrected chi connectivity index (χ3v) is 5.31. The second-order valence-electron chi connectivity index (χ2n) is 6.47. The van der Waals surface area contributed by atoms with Gasteiger partial charge in [0.1, 0.15) is 0 Å². The lowest BCUT2D eigenvalue weighted by Crippen LogP contribution is -2.33. The number of hydrogen-bond donors (Lipinski definition) is 1. The van der Waals surface area contributed by atoms with Gasteiger partial charge in [-0.15, -0.1) is 0 Å². The van der Waals surface area contributed by atoms with Crippen molar-refractivity contribution in [3.63, 3.8) is 0 Å². The van der Waals surface area contributed by atoms with Crippen molar-refractivity contribution in [3.05, 3.63) is 34.5 Å². The van der Waals surface area contributed by atoms with Crippen LogP contribution in [0.4, 0.5) is 0 Å². The average Bonchev–Trinajstić information content (AvgIpc) is 2.82. The summed E-state index contributed by atoms with van der Waals surface area (Å²) in [5.74, 6) is 0. The monoisotopic (exact) mass is 318 g/mol. The van der Waals surface area contributed by atoms with Crippen LogP contribution in [0.15, 0.2) is 18.2 Å². The largest absolute Gasteiger partial charge is 0.359 e. The zero-order valence-electron chi connectivity index (χ0n) is 13.3. The molecule has 1 N–H and O–H groups in total. The zero-order chi connectivity index (χ0) is 15.7. The molecule has 4 heteroatoms. The predicted molar refractivity (Wildman–Crippen MR) is 91.6 cm³/mol. The van der Waals surface area contributed by atoms with Crippen LogP contribution in [0, 0.1) is 0 Å². The smallest absolute Gasteiger partial charge is 0.207 e. The van der Waals surface area contributed by atoms with Gasteiger partial charge in [0.15, 0.2) is 0 Å². The second-order valence-corrected chi connectivity index (χ2v) is 6.91. The van der Waals surface area contributed by atoms with Crippen molar-refractivity contribution >= 4 is 28.9 Å². The van der Waals surface area contributed by atoms with Gasteiger partial charge < -0.3 is 9.88 Å².